The zero-order valence-electron chi connectivity index (χ0n) is 11.2. The minimum absolute atomic E-state index is 0.0912. The molecule has 4 atom stereocenters. The molecule has 0 saturated heterocycles. The molecule has 0 aliphatic heterocycles. The minimum atomic E-state index is -0.183. The van der Waals surface area contributed by atoms with E-state index in [1.165, 1.54) is 37.9 Å². The average molecular weight is 260 g/mol. The van der Waals surface area contributed by atoms with Gasteiger partial charge < -0.3 is 10.3 Å². The topological polar surface area (TPSA) is 62.0 Å². The lowest BCUT2D eigenvalue weighted by Gasteiger charge is -2.28. The van der Waals surface area contributed by atoms with Crippen LogP contribution in [-0.4, -0.2) is 16.9 Å². The van der Waals surface area contributed by atoms with Crippen molar-refractivity contribution in [3.05, 3.63) is 34.2 Å². The van der Waals surface area contributed by atoms with Gasteiger partial charge in [0.1, 0.15) is 0 Å². The first kappa shape index (κ1) is 12.5. The second-order valence-electron chi connectivity index (χ2n) is 6.04. The van der Waals surface area contributed by atoms with Gasteiger partial charge in [0, 0.05) is 18.3 Å². The lowest BCUT2D eigenvalue weighted by atomic mass is 9.84. The van der Waals surface area contributed by atoms with Crippen LogP contribution in [0.5, 0.6) is 0 Å². The first-order valence-electron chi connectivity index (χ1n) is 7.13. The highest BCUT2D eigenvalue weighted by atomic mass is 16.2. The molecule has 1 aromatic rings. The molecule has 0 unspecified atom stereocenters. The van der Waals surface area contributed by atoms with Gasteiger partial charge in [-0.15, -0.1) is 0 Å². The van der Waals surface area contributed by atoms with Crippen molar-refractivity contribution < 1.29 is 4.79 Å². The van der Waals surface area contributed by atoms with Gasteiger partial charge in [-0.05, 0) is 50.0 Å². The average Bonchev–Trinajstić information content (AvgIpc) is 3.01. The molecule has 1 heterocycles. The number of rotatable bonds is 3. The lowest BCUT2D eigenvalue weighted by molar-refractivity contribution is 0.0915. The third kappa shape index (κ3) is 2.44. The molecular weight excluding hydrogens is 240 g/mol. The molecule has 1 aromatic heterocycles. The third-order valence-electron chi connectivity index (χ3n) is 4.84. The van der Waals surface area contributed by atoms with E-state index >= 15 is 0 Å². The van der Waals surface area contributed by atoms with Gasteiger partial charge >= 0.3 is 0 Å². The second-order valence-corrected chi connectivity index (χ2v) is 6.04. The molecule has 3 rings (SSSR count). The number of H-pyrrole nitrogens is 1. The van der Waals surface area contributed by atoms with Crippen LogP contribution in [0.2, 0.25) is 0 Å². The summed E-state index contributed by atoms with van der Waals surface area (Å²) in [4.78, 5) is 25.6. The lowest BCUT2D eigenvalue weighted by Crippen LogP contribution is -2.40. The number of fused-ring (bicyclic) bond motifs is 2. The molecule has 2 aliphatic carbocycles. The van der Waals surface area contributed by atoms with E-state index in [2.05, 4.69) is 17.2 Å². The molecule has 0 spiro atoms. The van der Waals surface area contributed by atoms with Crippen LogP contribution in [0.15, 0.2) is 23.1 Å². The van der Waals surface area contributed by atoms with E-state index in [-0.39, 0.29) is 17.5 Å². The van der Waals surface area contributed by atoms with E-state index in [0.29, 0.717) is 11.5 Å². The Balaban J connectivity index is 1.63. The molecule has 0 radical (unpaired) electrons. The number of aromatic amines is 1. The molecule has 19 heavy (non-hydrogen) atoms. The van der Waals surface area contributed by atoms with Crippen LogP contribution < -0.4 is 10.9 Å². The molecule has 2 saturated carbocycles. The summed E-state index contributed by atoms with van der Waals surface area (Å²) in [6.45, 7) is 2.11. The van der Waals surface area contributed by atoms with Crippen LogP contribution in [0.25, 0.3) is 0 Å². The van der Waals surface area contributed by atoms with Crippen molar-refractivity contribution in [1.29, 1.82) is 0 Å². The summed E-state index contributed by atoms with van der Waals surface area (Å²) in [5.41, 5.74) is 0.340. The van der Waals surface area contributed by atoms with Crippen molar-refractivity contribution in [2.45, 2.75) is 38.6 Å². The Morgan fingerprint density at radius 3 is 2.79 bits per heavy atom. The Bertz CT molecular complexity index is 517. The van der Waals surface area contributed by atoms with Gasteiger partial charge in [0.2, 0.25) is 5.56 Å². The summed E-state index contributed by atoms with van der Waals surface area (Å²) in [7, 11) is 0. The van der Waals surface area contributed by atoms with Gasteiger partial charge in [-0.25, -0.2) is 0 Å². The Kier molecular flexibility index (Phi) is 3.17. The minimum Gasteiger partial charge on any atom is -0.349 e. The standard InChI is InChI=1S/C15H20N2O2/c1-9(13-7-10-2-3-11(13)6-10)17-15(19)12-4-5-14(18)16-8-12/h4-5,8-11,13H,2-3,6-7H2,1H3,(H,16,18)(H,17,19)/t9-,10+,11+,13-/m1/s1. The highest BCUT2D eigenvalue weighted by molar-refractivity contribution is 5.93. The predicted octanol–water partition coefficient (Wildman–Crippen LogP) is 1.93. The molecule has 2 N–H and O–H groups in total. The Morgan fingerprint density at radius 1 is 1.37 bits per heavy atom. The number of pyridine rings is 1. The Labute approximate surface area is 112 Å². The van der Waals surface area contributed by atoms with E-state index in [1.54, 1.807) is 6.07 Å². The van der Waals surface area contributed by atoms with E-state index in [1.807, 2.05) is 0 Å². The normalized spacial score (nSPS) is 30.3. The number of nitrogens with one attached hydrogen (secondary N) is 2. The number of aromatic nitrogens is 1. The van der Waals surface area contributed by atoms with Gasteiger partial charge in [-0.1, -0.05) is 6.42 Å². The molecule has 102 valence electrons. The maximum absolute atomic E-state index is 12.1. The van der Waals surface area contributed by atoms with E-state index < -0.39 is 0 Å². The first-order chi connectivity index (χ1) is 9.13. The quantitative estimate of drug-likeness (QED) is 0.872. The zero-order chi connectivity index (χ0) is 13.4. The molecule has 4 heteroatoms. The monoisotopic (exact) mass is 260 g/mol. The highest BCUT2D eigenvalue weighted by Crippen LogP contribution is 2.49. The van der Waals surface area contributed by atoms with Crippen molar-refractivity contribution >= 4 is 5.91 Å². The van der Waals surface area contributed by atoms with Crippen LogP contribution in [0.1, 0.15) is 43.0 Å². The van der Waals surface area contributed by atoms with Crippen LogP contribution in [0.3, 0.4) is 0 Å². The SMILES string of the molecule is C[C@@H](NC(=O)c1ccc(=O)[nH]c1)[C@H]1C[C@H]2CC[C@H]1C2. The van der Waals surface area contributed by atoms with E-state index in [9.17, 15) is 9.59 Å². The van der Waals surface area contributed by atoms with Crippen molar-refractivity contribution in [3.8, 4) is 0 Å². The highest BCUT2D eigenvalue weighted by Gasteiger charge is 2.42. The van der Waals surface area contributed by atoms with Gasteiger partial charge in [-0.2, -0.15) is 0 Å². The molecule has 2 fully saturated rings. The number of amides is 1. The summed E-state index contributed by atoms with van der Waals surface area (Å²) < 4.78 is 0. The number of hydrogen-bond donors (Lipinski definition) is 2. The number of hydrogen-bond acceptors (Lipinski definition) is 2. The van der Waals surface area contributed by atoms with Gasteiger partial charge in [0.15, 0.2) is 0 Å². The van der Waals surface area contributed by atoms with Crippen LogP contribution in [0, 0.1) is 17.8 Å². The summed E-state index contributed by atoms with van der Waals surface area (Å²) in [5, 5.41) is 3.08. The van der Waals surface area contributed by atoms with E-state index in [4.69, 9.17) is 0 Å². The fraction of sp³-hybridized carbons (Fsp3) is 0.600. The number of carbonyl (C=O) groups excluding carboxylic acids is 1. The summed E-state index contributed by atoms with van der Waals surface area (Å²) >= 11 is 0. The zero-order valence-corrected chi connectivity index (χ0v) is 11.2. The molecular formula is C15H20N2O2. The van der Waals surface area contributed by atoms with Crippen LogP contribution in [-0.2, 0) is 0 Å². The van der Waals surface area contributed by atoms with Crippen molar-refractivity contribution in [2.75, 3.05) is 0 Å². The largest absolute Gasteiger partial charge is 0.349 e. The van der Waals surface area contributed by atoms with Crippen molar-refractivity contribution in [3.63, 3.8) is 0 Å². The van der Waals surface area contributed by atoms with Gasteiger partial charge in [0.05, 0.1) is 5.56 Å². The predicted molar refractivity (Wildman–Crippen MR) is 72.9 cm³/mol. The second kappa shape index (κ2) is 4.83. The maximum Gasteiger partial charge on any atom is 0.252 e. The molecule has 4 nitrogen and oxygen atoms in total. The van der Waals surface area contributed by atoms with Crippen molar-refractivity contribution in [1.82, 2.24) is 10.3 Å². The van der Waals surface area contributed by atoms with Crippen LogP contribution in [0.4, 0.5) is 0 Å². The third-order valence-corrected chi connectivity index (χ3v) is 4.84. The summed E-state index contributed by atoms with van der Waals surface area (Å²) in [6.07, 6.45) is 6.79. The Hall–Kier alpha value is -1.58. The molecule has 0 aromatic carbocycles. The molecule has 2 aliphatic rings. The summed E-state index contributed by atoms with van der Waals surface area (Å²) in [5.74, 6) is 2.23. The van der Waals surface area contributed by atoms with Gasteiger partial charge in [0.25, 0.3) is 5.91 Å². The van der Waals surface area contributed by atoms with Crippen LogP contribution >= 0.6 is 0 Å². The Morgan fingerprint density at radius 2 is 2.21 bits per heavy atom. The fourth-order valence-corrected chi connectivity index (χ4v) is 3.86. The summed E-state index contributed by atoms with van der Waals surface area (Å²) in [6, 6.07) is 3.17. The van der Waals surface area contributed by atoms with E-state index in [0.717, 1.165) is 11.8 Å². The molecule has 1 amide bonds. The molecule has 2 bridgehead atoms. The fourth-order valence-electron chi connectivity index (χ4n) is 3.86. The maximum atomic E-state index is 12.1. The van der Waals surface area contributed by atoms with Crippen molar-refractivity contribution in [2.24, 2.45) is 17.8 Å². The first-order valence-corrected chi connectivity index (χ1v) is 7.13. The van der Waals surface area contributed by atoms with Gasteiger partial charge in [-0.3, -0.25) is 9.59 Å². The smallest absolute Gasteiger partial charge is 0.252 e. The number of carbonyl (C=O) groups is 1.